The Morgan fingerprint density at radius 1 is 1.06 bits per heavy atom. The summed E-state index contributed by atoms with van der Waals surface area (Å²) in [5.41, 5.74) is 0.859. The molecule has 32 heavy (non-hydrogen) atoms. The van der Waals surface area contributed by atoms with E-state index in [9.17, 15) is 20.0 Å². The number of nitrogens with zero attached hydrogens (tertiary/aromatic N) is 4. The first-order valence-electron chi connectivity index (χ1n) is 10.5. The molecule has 3 aromatic rings. The van der Waals surface area contributed by atoms with Crippen molar-refractivity contribution in [3.63, 3.8) is 0 Å². The maximum absolute atomic E-state index is 13.0. The lowest BCUT2D eigenvalue weighted by molar-refractivity contribution is 0.103. The molecule has 0 aliphatic heterocycles. The second-order valence-electron chi connectivity index (χ2n) is 7.36. The summed E-state index contributed by atoms with van der Waals surface area (Å²) < 4.78 is 1.16. The van der Waals surface area contributed by atoms with Crippen molar-refractivity contribution in [1.82, 2.24) is 4.57 Å². The van der Waals surface area contributed by atoms with Gasteiger partial charge in [-0.25, -0.2) is 0 Å². The molecule has 0 unspecified atom stereocenters. The third-order valence-electron chi connectivity index (χ3n) is 5.20. The molecule has 0 bridgehead atoms. The molecule has 3 rings (SSSR count). The molecule has 2 aromatic carbocycles. The van der Waals surface area contributed by atoms with Gasteiger partial charge >= 0.3 is 0 Å². The number of azo groups is 1. The topological polar surface area (TPSA) is 108 Å². The van der Waals surface area contributed by atoms with Gasteiger partial charge in [0.2, 0.25) is 5.88 Å². The van der Waals surface area contributed by atoms with Crippen molar-refractivity contribution in [1.29, 1.82) is 5.26 Å². The molecule has 1 heterocycles. The molecular weight excluding hydrogens is 404 g/mol. The van der Waals surface area contributed by atoms with Gasteiger partial charge in [0.05, 0.1) is 11.3 Å². The van der Waals surface area contributed by atoms with E-state index in [0.717, 1.165) is 17.4 Å². The largest absolute Gasteiger partial charge is 0.493 e. The van der Waals surface area contributed by atoms with Gasteiger partial charge in [-0.15, -0.1) is 10.2 Å². The molecule has 0 saturated heterocycles. The Balaban J connectivity index is 2.06. The van der Waals surface area contributed by atoms with Gasteiger partial charge in [0.1, 0.15) is 11.6 Å². The minimum absolute atomic E-state index is 0.0105. The van der Waals surface area contributed by atoms with Gasteiger partial charge in [-0.1, -0.05) is 62.2 Å². The van der Waals surface area contributed by atoms with Crippen LogP contribution in [-0.4, -0.2) is 15.5 Å². The maximum atomic E-state index is 13.0. The number of ketones is 1. The van der Waals surface area contributed by atoms with E-state index in [4.69, 9.17) is 0 Å². The van der Waals surface area contributed by atoms with E-state index in [2.05, 4.69) is 10.2 Å². The Hall–Kier alpha value is -4.05. The number of carbonyl (C=O) groups excluding carboxylic acids is 1. The molecule has 0 atom stereocenters. The van der Waals surface area contributed by atoms with Crippen LogP contribution in [0.4, 0.5) is 11.4 Å². The first-order valence-corrected chi connectivity index (χ1v) is 10.5. The normalized spacial score (nSPS) is 10.9. The third kappa shape index (κ3) is 4.65. The number of unbranched alkanes of at least 4 members (excludes halogenated alkanes) is 2. The molecule has 7 nitrogen and oxygen atoms in total. The quantitative estimate of drug-likeness (QED) is 0.287. The smallest absolute Gasteiger partial charge is 0.281 e. The van der Waals surface area contributed by atoms with Crippen molar-refractivity contribution >= 4 is 17.2 Å². The predicted molar refractivity (Wildman–Crippen MR) is 122 cm³/mol. The number of pyridine rings is 1. The van der Waals surface area contributed by atoms with Gasteiger partial charge in [0.15, 0.2) is 11.5 Å². The molecule has 0 aliphatic rings. The summed E-state index contributed by atoms with van der Waals surface area (Å²) in [6.07, 6.45) is 2.52. The molecule has 0 radical (unpaired) electrons. The van der Waals surface area contributed by atoms with E-state index in [0.29, 0.717) is 23.2 Å². The van der Waals surface area contributed by atoms with Crippen molar-refractivity contribution in [3.8, 4) is 11.9 Å². The fraction of sp³-hybridized carbons (Fsp3) is 0.240. The zero-order valence-corrected chi connectivity index (χ0v) is 18.1. The van der Waals surface area contributed by atoms with Gasteiger partial charge in [0, 0.05) is 17.7 Å². The average Bonchev–Trinajstić information content (AvgIpc) is 2.82. The van der Waals surface area contributed by atoms with Crippen LogP contribution < -0.4 is 5.56 Å². The van der Waals surface area contributed by atoms with E-state index in [1.807, 2.05) is 19.1 Å². The standard InChI is InChI=1S/C25H24N4O3/c1-3-4-10-15-29-24(31)20(16-26)17(2)22(25(29)32)28-27-21-14-9-8-13-19(21)23(30)18-11-6-5-7-12-18/h5-9,11-14,31H,3-4,10,15H2,1-2H3. The Morgan fingerprint density at radius 2 is 1.75 bits per heavy atom. The van der Waals surface area contributed by atoms with Crippen LogP contribution in [0.15, 0.2) is 69.6 Å². The number of hydrogen-bond acceptors (Lipinski definition) is 6. The predicted octanol–water partition coefficient (Wildman–Crippen LogP) is 5.57. The van der Waals surface area contributed by atoms with Gasteiger partial charge < -0.3 is 5.11 Å². The zero-order valence-electron chi connectivity index (χ0n) is 18.1. The van der Waals surface area contributed by atoms with Crippen LogP contribution in [0.2, 0.25) is 0 Å². The summed E-state index contributed by atoms with van der Waals surface area (Å²) in [5.74, 6) is -0.568. The highest BCUT2D eigenvalue weighted by Gasteiger charge is 2.19. The van der Waals surface area contributed by atoms with Crippen molar-refractivity contribution < 1.29 is 9.90 Å². The summed E-state index contributed by atoms with van der Waals surface area (Å²) in [4.78, 5) is 25.9. The van der Waals surface area contributed by atoms with E-state index in [1.54, 1.807) is 55.5 Å². The van der Waals surface area contributed by atoms with Gasteiger partial charge in [0.25, 0.3) is 5.56 Å². The highest BCUT2D eigenvalue weighted by molar-refractivity contribution is 6.11. The Bertz CT molecular complexity index is 1250. The summed E-state index contributed by atoms with van der Waals surface area (Å²) in [6.45, 7) is 3.86. The minimum atomic E-state index is -0.522. The fourth-order valence-electron chi connectivity index (χ4n) is 3.39. The Kier molecular flexibility index (Phi) is 7.29. The SMILES string of the molecule is CCCCCn1c(O)c(C#N)c(C)c(N=Nc2ccccc2C(=O)c2ccccc2)c1=O. The monoisotopic (exact) mass is 428 g/mol. The van der Waals surface area contributed by atoms with Crippen LogP contribution >= 0.6 is 0 Å². The van der Waals surface area contributed by atoms with Gasteiger partial charge in [-0.3, -0.25) is 14.2 Å². The number of benzene rings is 2. The van der Waals surface area contributed by atoms with E-state index in [1.165, 1.54) is 0 Å². The summed E-state index contributed by atoms with van der Waals surface area (Å²) in [5, 5.41) is 28.2. The van der Waals surface area contributed by atoms with Crippen LogP contribution in [0.25, 0.3) is 0 Å². The van der Waals surface area contributed by atoms with E-state index < -0.39 is 5.56 Å². The lowest BCUT2D eigenvalue weighted by Crippen LogP contribution is -2.22. The van der Waals surface area contributed by atoms with Crippen LogP contribution in [0.1, 0.15) is 53.2 Å². The second kappa shape index (κ2) is 10.3. The zero-order chi connectivity index (χ0) is 23.1. The third-order valence-corrected chi connectivity index (χ3v) is 5.20. The van der Waals surface area contributed by atoms with Crippen molar-refractivity contribution in [2.75, 3.05) is 0 Å². The molecule has 0 fully saturated rings. The number of hydrogen-bond donors (Lipinski definition) is 1. The second-order valence-corrected chi connectivity index (χ2v) is 7.36. The summed E-state index contributed by atoms with van der Waals surface area (Å²) >= 11 is 0. The Morgan fingerprint density at radius 3 is 2.44 bits per heavy atom. The van der Waals surface area contributed by atoms with Crippen LogP contribution in [0.3, 0.4) is 0 Å². The first kappa shape index (κ1) is 22.6. The Labute approximate surface area is 186 Å². The molecule has 0 saturated carbocycles. The summed E-state index contributed by atoms with van der Waals surface area (Å²) in [6, 6.07) is 17.5. The van der Waals surface area contributed by atoms with Crippen LogP contribution in [0.5, 0.6) is 5.88 Å². The lowest BCUT2D eigenvalue weighted by atomic mass is 10.0. The molecule has 0 spiro atoms. The van der Waals surface area contributed by atoms with E-state index >= 15 is 0 Å². The average molecular weight is 428 g/mol. The number of aromatic nitrogens is 1. The number of rotatable bonds is 8. The number of aromatic hydroxyl groups is 1. The minimum Gasteiger partial charge on any atom is -0.493 e. The fourth-order valence-corrected chi connectivity index (χ4v) is 3.39. The highest BCUT2D eigenvalue weighted by Crippen LogP contribution is 2.29. The van der Waals surface area contributed by atoms with E-state index in [-0.39, 0.29) is 35.0 Å². The van der Waals surface area contributed by atoms with Gasteiger partial charge in [-0.05, 0) is 25.5 Å². The van der Waals surface area contributed by atoms with Crippen molar-refractivity contribution in [3.05, 3.63) is 87.2 Å². The first-order chi connectivity index (χ1) is 15.5. The maximum Gasteiger partial charge on any atom is 0.281 e. The summed E-state index contributed by atoms with van der Waals surface area (Å²) in [7, 11) is 0. The molecule has 1 N–H and O–H groups in total. The highest BCUT2D eigenvalue weighted by atomic mass is 16.3. The van der Waals surface area contributed by atoms with Crippen LogP contribution in [0, 0.1) is 18.3 Å². The number of nitriles is 1. The number of carbonyl (C=O) groups is 1. The van der Waals surface area contributed by atoms with Crippen LogP contribution in [-0.2, 0) is 6.54 Å². The molecule has 1 aromatic heterocycles. The molecule has 0 amide bonds. The van der Waals surface area contributed by atoms with Crippen molar-refractivity contribution in [2.24, 2.45) is 10.2 Å². The lowest BCUT2D eigenvalue weighted by Gasteiger charge is -2.12. The molecule has 162 valence electrons. The molecule has 0 aliphatic carbocycles. The molecular formula is C25H24N4O3. The molecule has 7 heteroatoms. The van der Waals surface area contributed by atoms with Crippen molar-refractivity contribution in [2.45, 2.75) is 39.7 Å². The van der Waals surface area contributed by atoms with Gasteiger partial charge in [-0.2, -0.15) is 5.26 Å².